The van der Waals surface area contributed by atoms with Gasteiger partial charge in [0.15, 0.2) is 11.5 Å². The summed E-state index contributed by atoms with van der Waals surface area (Å²) in [7, 11) is -4.55. The second-order valence-corrected chi connectivity index (χ2v) is 12.3. The maximum Gasteiger partial charge on any atom is 0.182 e. The second kappa shape index (κ2) is 7.69. The van der Waals surface area contributed by atoms with Crippen LogP contribution in [0.5, 0.6) is 0 Å². The number of hydrogen-bond acceptors (Lipinski definition) is 4. The summed E-state index contributed by atoms with van der Waals surface area (Å²) >= 11 is 7.37. The molecule has 0 saturated carbocycles. The zero-order valence-electron chi connectivity index (χ0n) is 14.1. The van der Waals surface area contributed by atoms with E-state index in [-0.39, 0.29) is 5.49 Å². The number of hydrogen-bond donors (Lipinski definition) is 0. The van der Waals surface area contributed by atoms with Crippen LogP contribution in [0.1, 0.15) is 0 Å². The first-order chi connectivity index (χ1) is 13.1. The highest BCUT2D eigenvalue weighted by atomic mass is 35.5. The predicted octanol–water partition coefficient (Wildman–Crippen LogP) is 5.03. The van der Waals surface area contributed by atoms with Crippen LogP contribution in [0.2, 0.25) is 5.02 Å². The Labute approximate surface area is 168 Å². The van der Waals surface area contributed by atoms with Gasteiger partial charge in [0.2, 0.25) is 0 Å². The molecule has 3 nitrogen and oxygen atoms in total. The van der Waals surface area contributed by atoms with Crippen molar-refractivity contribution in [2.24, 2.45) is 0 Å². The molecule has 0 bridgehead atoms. The van der Waals surface area contributed by atoms with Crippen molar-refractivity contribution in [2.45, 2.75) is 4.34 Å². The molecule has 4 aromatic rings. The van der Waals surface area contributed by atoms with Gasteiger partial charge in [-0.2, -0.15) is 0 Å². The molecule has 4 rings (SSSR count). The molecule has 136 valence electrons. The van der Waals surface area contributed by atoms with E-state index in [0.717, 1.165) is 4.70 Å². The van der Waals surface area contributed by atoms with E-state index in [1.54, 1.807) is 12.1 Å². The van der Waals surface area contributed by atoms with Gasteiger partial charge in [-0.1, -0.05) is 72.3 Å². The van der Waals surface area contributed by atoms with Crippen LogP contribution in [0.4, 0.5) is 0 Å². The van der Waals surface area contributed by atoms with Gasteiger partial charge in [-0.25, -0.2) is 4.98 Å². The summed E-state index contributed by atoms with van der Waals surface area (Å²) in [4.78, 5) is 4.46. The third-order valence-electron chi connectivity index (χ3n) is 4.17. The SMILES string of the molecule is O=S(CP(=O)(c1ccccc1)c1ccccc1)c1nc2cc(Cl)ccc2s1. The van der Waals surface area contributed by atoms with Crippen molar-refractivity contribution in [3.63, 3.8) is 0 Å². The molecule has 27 heavy (non-hydrogen) atoms. The van der Waals surface area contributed by atoms with Crippen LogP contribution >= 0.6 is 30.1 Å². The number of fused-ring (bicyclic) bond motifs is 1. The van der Waals surface area contributed by atoms with Crippen LogP contribution in [-0.2, 0) is 15.4 Å². The summed E-state index contributed by atoms with van der Waals surface area (Å²) in [5, 5.41) is 1.99. The first-order valence-corrected chi connectivity index (χ1v) is 12.6. The number of aromatic nitrogens is 1. The number of benzene rings is 3. The van der Waals surface area contributed by atoms with E-state index in [2.05, 4.69) is 4.98 Å². The lowest BCUT2D eigenvalue weighted by Gasteiger charge is -2.18. The Balaban J connectivity index is 1.75. The summed E-state index contributed by atoms with van der Waals surface area (Å²) in [6.07, 6.45) is 0. The Hall–Kier alpha value is -1.78. The monoisotopic (exact) mass is 431 g/mol. The fourth-order valence-corrected chi connectivity index (χ4v) is 9.55. The van der Waals surface area contributed by atoms with Crippen LogP contribution in [0.15, 0.2) is 83.2 Å². The highest BCUT2D eigenvalue weighted by molar-refractivity contribution is 7.99. The molecule has 1 unspecified atom stereocenters. The molecule has 0 aliphatic rings. The van der Waals surface area contributed by atoms with Crippen molar-refractivity contribution in [1.29, 1.82) is 0 Å². The van der Waals surface area contributed by atoms with Crippen molar-refractivity contribution < 1.29 is 8.77 Å². The van der Waals surface area contributed by atoms with Crippen LogP contribution in [0, 0.1) is 0 Å². The molecule has 0 N–H and O–H groups in total. The molecule has 1 aromatic heterocycles. The van der Waals surface area contributed by atoms with Gasteiger partial charge in [-0.15, -0.1) is 11.3 Å². The van der Waals surface area contributed by atoms with Gasteiger partial charge in [0.05, 0.1) is 26.5 Å². The minimum Gasteiger partial charge on any atom is -0.313 e. The van der Waals surface area contributed by atoms with Gasteiger partial charge in [0.25, 0.3) is 0 Å². The van der Waals surface area contributed by atoms with Gasteiger partial charge in [0.1, 0.15) is 0 Å². The number of rotatable bonds is 5. The summed E-state index contributed by atoms with van der Waals surface area (Å²) in [5.41, 5.74) is 0.735. The average Bonchev–Trinajstić information content (AvgIpc) is 3.12. The van der Waals surface area contributed by atoms with Crippen LogP contribution in [-0.4, -0.2) is 14.7 Å². The van der Waals surface area contributed by atoms with Gasteiger partial charge in [0, 0.05) is 15.6 Å². The maximum absolute atomic E-state index is 14.0. The van der Waals surface area contributed by atoms with E-state index >= 15 is 0 Å². The normalized spacial score (nSPS) is 12.9. The van der Waals surface area contributed by atoms with Crippen LogP contribution in [0.3, 0.4) is 0 Å². The van der Waals surface area contributed by atoms with Crippen molar-refractivity contribution in [2.75, 3.05) is 5.49 Å². The molecule has 0 saturated heterocycles. The summed E-state index contributed by atoms with van der Waals surface area (Å²) in [6.45, 7) is 0. The van der Waals surface area contributed by atoms with Crippen molar-refractivity contribution in [3.8, 4) is 0 Å². The van der Waals surface area contributed by atoms with E-state index < -0.39 is 17.9 Å². The molecule has 3 aromatic carbocycles. The van der Waals surface area contributed by atoms with Crippen LogP contribution < -0.4 is 10.6 Å². The second-order valence-electron chi connectivity index (χ2n) is 5.98. The van der Waals surface area contributed by atoms with Crippen molar-refractivity contribution in [3.05, 3.63) is 83.9 Å². The maximum atomic E-state index is 14.0. The average molecular weight is 432 g/mol. The topological polar surface area (TPSA) is 47.0 Å². The minimum absolute atomic E-state index is 0.0224. The quantitative estimate of drug-likeness (QED) is 0.416. The minimum atomic E-state index is -3.06. The van der Waals surface area contributed by atoms with Gasteiger partial charge in [-0.3, -0.25) is 4.21 Å². The fraction of sp³-hybridized carbons (Fsp3) is 0.0500. The third-order valence-corrected chi connectivity index (χ3v) is 11.2. The zero-order chi connectivity index (χ0) is 18.9. The molecular weight excluding hydrogens is 417 g/mol. The molecule has 0 radical (unpaired) electrons. The lowest BCUT2D eigenvalue weighted by Crippen LogP contribution is -2.20. The van der Waals surface area contributed by atoms with E-state index in [1.165, 1.54) is 11.3 Å². The van der Waals surface area contributed by atoms with E-state index in [1.807, 2.05) is 66.7 Å². The summed E-state index contributed by atoms with van der Waals surface area (Å²) in [6, 6.07) is 23.9. The summed E-state index contributed by atoms with van der Waals surface area (Å²) in [5.74, 6) is 0. The molecule has 1 atom stereocenters. The molecule has 0 fully saturated rings. The lowest BCUT2D eigenvalue weighted by molar-refractivity contribution is 0.589. The van der Waals surface area contributed by atoms with E-state index in [9.17, 15) is 8.77 Å². The Morgan fingerprint density at radius 1 is 0.926 bits per heavy atom. The molecule has 7 heteroatoms. The van der Waals surface area contributed by atoms with Crippen LogP contribution in [0.25, 0.3) is 10.2 Å². The van der Waals surface area contributed by atoms with Crippen molar-refractivity contribution in [1.82, 2.24) is 4.98 Å². The first kappa shape index (κ1) is 18.6. The van der Waals surface area contributed by atoms with E-state index in [4.69, 9.17) is 11.6 Å². The summed E-state index contributed by atoms with van der Waals surface area (Å²) < 4.78 is 28.5. The van der Waals surface area contributed by atoms with E-state index in [0.29, 0.717) is 25.5 Å². The Bertz CT molecular complexity index is 1120. The first-order valence-electron chi connectivity index (χ1n) is 8.21. The van der Waals surface area contributed by atoms with Gasteiger partial charge < -0.3 is 4.57 Å². The molecule has 1 heterocycles. The van der Waals surface area contributed by atoms with Gasteiger partial charge >= 0.3 is 0 Å². The van der Waals surface area contributed by atoms with Crippen molar-refractivity contribution >= 4 is 61.7 Å². The third kappa shape index (κ3) is 3.78. The van der Waals surface area contributed by atoms with Gasteiger partial charge in [-0.05, 0) is 18.2 Å². The number of thiazole rings is 1. The highest BCUT2D eigenvalue weighted by Crippen LogP contribution is 2.45. The predicted molar refractivity (Wildman–Crippen MR) is 116 cm³/mol. The fourth-order valence-electron chi connectivity index (χ4n) is 2.83. The molecule has 0 aliphatic heterocycles. The Morgan fingerprint density at radius 2 is 1.52 bits per heavy atom. The number of nitrogens with zero attached hydrogens (tertiary/aromatic N) is 1. The molecule has 0 amide bonds. The largest absolute Gasteiger partial charge is 0.313 e. The smallest absolute Gasteiger partial charge is 0.182 e. The molecule has 0 spiro atoms. The standard InChI is InChI=1S/C20H15ClNO2PS2/c21-15-11-12-19-18(13-15)22-20(26-19)27(24)14-25(23,16-7-3-1-4-8-16)17-9-5-2-6-10-17/h1-13H,14H2. The number of halogens is 1. The Morgan fingerprint density at radius 3 is 2.11 bits per heavy atom. The lowest BCUT2D eigenvalue weighted by atomic mass is 10.3. The Kier molecular flexibility index (Phi) is 5.29. The molecular formula is C20H15ClNO2PS2. The highest BCUT2D eigenvalue weighted by Gasteiger charge is 2.31. The molecule has 0 aliphatic carbocycles. The zero-order valence-corrected chi connectivity index (χ0v) is 17.4.